The molecule has 1 saturated carbocycles. The topological polar surface area (TPSA) is 52.6 Å². The Hall–Kier alpha value is -0.610. The SMILES string of the molecule is CCN(CCC1CCCC1(NC(C)C)C(=O)O)CC(C)C. The number of hydrogen-bond acceptors (Lipinski definition) is 3. The molecule has 0 saturated heterocycles. The zero-order chi connectivity index (χ0) is 16.0. The quantitative estimate of drug-likeness (QED) is 0.687. The minimum Gasteiger partial charge on any atom is -0.480 e. The van der Waals surface area contributed by atoms with Crippen LogP contribution in [-0.2, 0) is 4.79 Å². The van der Waals surface area contributed by atoms with Crippen LogP contribution in [0.15, 0.2) is 0 Å². The van der Waals surface area contributed by atoms with E-state index in [1.165, 1.54) is 0 Å². The van der Waals surface area contributed by atoms with Gasteiger partial charge in [0.2, 0.25) is 0 Å². The first kappa shape index (κ1) is 18.4. The number of rotatable bonds is 9. The summed E-state index contributed by atoms with van der Waals surface area (Å²) in [7, 11) is 0. The summed E-state index contributed by atoms with van der Waals surface area (Å²) in [6, 6.07) is 0.208. The van der Waals surface area contributed by atoms with E-state index in [4.69, 9.17) is 0 Å². The Morgan fingerprint density at radius 2 is 2.05 bits per heavy atom. The molecule has 0 radical (unpaired) electrons. The van der Waals surface area contributed by atoms with Gasteiger partial charge in [-0.2, -0.15) is 0 Å². The second-order valence-corrected chi connectivity index (χ2v) is 7.24. The Kier molecular flexibility index (Phi) is 7.14. The van der Waals surface area contributed by atoms with Gasteiger partial charge in [-0.05, 0) is 58.0 Å². The van der Waals surface area contributed by atoms with Crippen molar-refractivity contribution in [1.29, 1.82) is 0 Å². The van der Waals surface area contributed by atoms with Gasteiger partial charge in [-0.3, -0.25) is 10.1 Å². The van der Waals surface area contributed by atoms with E-state index >= 15 is 0 Å². The van der Waals surface area contributed by atoms with Gasteiger partial charge in [-0.15, -0.1) is 0 Å². The summed E-state index contributed by atoms with van der Waals surface area (Å²) in [6.45, 7) is 13.9. The summed E-state index contributed by atoms with van der Waals surface area (Å²) in [5.74, 6) is 0.246. The lowest BCUT2D eigenvalue weighted by atomic mass is 9.83. The van der Waals surface area contributed by atoms with Gasteiger partial charge in [0.05, 0.1) is 0 Å². The normalized spacial score (nSPS) is 26.2. The predicted octanol–water partition coefficient (Wildman–Crippen LogP) is 2.98. The Labute approximate surface area is 130 Å². The van der Waals surface area contributed by atoms with E-state index in [2.05, 4.69) is 31.0 Å². The first-order valence-corrected chi connectivity index (χ1v) is 8.55. The van der Waals surface area contributed by atoms with E-state index in [0.29, 0.717) is 5.92 Å². The lowest BCUT2D eigenvalue weighted by molar-refractivity contribution is -0.147. The summed E-state index contributed by atoms with van der Waals surface area (Å²) in [5.41, 5.74) is -0.703. The number of carbonyl (C=O) groups is 1. The fraction of sp³-hybridized carbons (Fsp3) is 0.941. The highest BCUT2D eigenvalue weighted by molar-refractivity contribution is 5.79. The van der Waals surface area contributed by atoms with Crippen molar-refractivity contribution >= 4 is 5.97 Å². The molecule has 0 aliphatic heterocycles. The maximum atomic E-state index is 11.9. The van der Waals surface area contributed by atoms with Crippen LogP contribution >= 0.6 is 0 Å². The highest BCUT2D eigenvalue weighted by atomic mass is 16.4. The Balaban J connectivity index is 2.68. The summed E-state index contributed by atoms with van der Waals surface area (Å²) in [6.07, 6.45) is 3.80. The molecule has 2 atom stereocenters. The van der Waals surface area contributed by atoms with Gasteiger partial charge in [0, 0.05) is 12.6 Å². The second kappa shape index (κ2) is 8.14. The Morgan fingerprint density at radius 1 is 1.38 bits per heavy atom. The van der Waals surface area contributed by atoms with Gasteiger partial charge in [0.25, 0.3) is 0 Å². The summed E-state index contributed by atoms with van der Waals surface area (Å²) in [4.78, 5) is 14.3. The van der Waals surface area contributed by atoms with Crippen LogP contribution in [-0.4, -0.2) is 47.2 Å². The predicted molar refractivity (Wildman–Crippen MR) is 87.5 cm³/mol. The molecule has 0 spiro atoms. The van der Waals surface area contributed by atoms with Crippen LogP contribution in [0.1, 0.15) is 60.3 Å². The van der Waals surface area contributed by atoms with Crippen molar-refractivity contribution in [3.8, 4) is 0 Å². The molecule has 21 heavy (non-hydrogen) atoms. The number of hydrogen-bond donors (Lipinski definition) is 2. The number of nitrogens with one attached hydrogen (secondary N) is 1. The smallest absolute Gasteiger partial charge is 0.324 e. The van der Waals surface area contributed by atoms with Crippen LogP contribution < -0.4 is 5.32 Å². The van der Waals surface area contributed by atoms with Crippen molar-refractivity contribution in [1.82, 2.24) is 10.2 Å². The van der Waals surface area contributed by atoms with Gasteiger partial charge in [-0.1, -0.05) is 27.2 Å². The van der Waals surface area contributed by atoms with Crippen molar-refractivity contribution < 1.29 is 9.90 Å². The van der Waals surface area contributed by atoms with E-state index in [1.807, 2.05) is 13.8 Å². The summed E-state index contributed by atoms with van der Waals surface area (Å²) >= 11 is 0. The Bertz CT molecular complexity index is 331. The van der Waals surface area contributed by atoms with Gasteiger partial charge < -0.3 is 10.0 Å². The standard InChI is InChI=1S/C17H34N2O2/c1-6-19(12-13(2)3)11-9-15-8-7-10-17(15,16(20)21)18-14(4)5/h13-15,18H,6-12H2,1-5H3,(H,20,21). The third-order valence-corrected chi connectivity index (χ3v) is 4.61. The number of nitrogens with zero attached hydrogens (tertiary/aromatic N) is 1. The lowest BCUT2D eigenvalue weighted by Crippen LogP contribution is -2.57. The molecule has 0 heterocycles. The second-order valence-electron chi connectivity index (χ2n) is 7.24. The van der Waals surface area contributed by atoms with Crippen LogP contribution in [0, 0.1) is 11.8 Å². The monoisotopic (exact) mass is 298 g/mol. The van der Waals surface area contributed by atoms with Crippen LogP contribution in [0.5, 0.6) is 0 Å². The maximum Gasteiger partial charge on any atom is 0.324 e. The number of aliphatic carboxylic acids is 1. The molecule has 1 rings (SSSR count). The molecular formula is C17H34N2O2. The van der Waals surface area contributed by atoms with Gasteiger partial charge in [-0.25, -0.2) is 0 Å². The molecule has 0 bridgehead atoms. The van der Waals surface area contributed by atoms with Crippen molar-refractivity contribution in [3.05, 3.63) is 0 Å². The van der Waals surface area contributed by atoms with Gasteiger partial charge in [0.1, 0.15) is 5.54 Å². The first-order chi connectivity index (χ1) is 9.81. The molecule has 4 nitrogen and oxygen atoms in total. The van der Waals surface area contributed by atoms with Crippen LogP contribution in [0.4, 0.5) is 0 Å². The Morgan fingerprint density at radius 3 is 2.52 bits per heavy atom. The summed E-state index contributed by atoms with van der Waals surface area (Å²) < 4.78 is 0. The largest absolute Gasteiger partial charge is 0.480 e. The summed E-state index contributed by atoms with van der Waals surface area (Å²) in [5, 5.41) is 13.1. The zero-order valence-electron chi connectivity index (χ0n) is 14.5. The fourth-order valence-electron chi connectivity index (χ4n) is 3.75. The highest BCUT2D eigenvalue weighted by Gasteiger charge is 2.49. The molecule has 0 aromatic carbocycles. The van der Waals surface area contributed by atoms with E-state index in [1.54, 1.807) is 0 Å². The fourth-order valence-corrected chi connectivity index (χ4v) is 3.75. The molecule has 0 aromatic heterocycles. The van der Waals surface area contributed by atoms with Crippen molar-refractivity contribution in [2.75, 3.05) is 19.6 Å². The molecule has 2 unspecified atom stereocenters. The van der Waals surface area contributed by atoms with Crippen molar-refractivity contribution in [3.63, 3.8) is 0 Å². The molecule has 0 aromatic rings. The minimum atomic E-state index is -0.703. The lowest BCUT2D eigenvalue weighted by Gasteiger charge is -2.35. The average molecular weight is 298 g/mol. The van der Waals surface area contributed by atoms with Gasteiger partial charge >= 0.3 is 5.97 Å². The van der Waals surface area contributed by atoms with Crippen molar-refractivity contribution in [2.24, 2.45) is 11.8 Å². The molecule has 4 heteroatoms. The molecule has 124 valence electrons. The molecule has 1 fully saturated rings. The number of carboxylic acids is 1. The maximum absolute atomic E-state index is 11.9. The van der Waals surface area contributed by atoms with E-state index in [0.717, 1.165) is 45.3 Å². The highest BCUT2D eigenvalue weighted by Crippen LogP contribution is 2.38. The van der Waals surface area contributed by atoms with Crippen molar-refractivity contribution in [2.45, 2.75) is 71.9 Å². The molecule has 0 amide bonds. The minimum absolute atomic E-state index is 0.208. The van der Waals surface area contributed by atoms with Crippen LogP contribution in [0.25, 0.3) is 0 Å². The average Bonchev–Trinajstić information content (AvgIpc) is 2.77. The van der Waals surface area contributed by atoms with Crippen LogP contribution in [0.3, 0.4) is 0 Å². The third-order valence-electron chi connectivity index (χ3n) is 4.61. The molecular weight excluding hydrogens is 264 g/mol. The number of carboxylic acid groups (broad SMARTS) is 1. The van der Waals surface area contributed by atoms with Gasteiger partial charge in [0.15, 0.2) is 0 Å². The molecule has 1 aliphatic rings. The van der Waals surface area contributed by atoms with E-state index < -0.39 is 11.5 Å². The molecule has 2 N–H and O–H groups in total. The molecule has 1 aliphatic carbocycles. The zero-order valence-corrected chi connectivity index (χ0v) is 14.5. The van der Waals surface area contributed by atoms with Crippen LogP contribution in [0.2, 0.25) is 0 Å². The third kappa shape index (κ3) is 4.96. The van der Waals surface area contributed by atoms with E-state index in [-0.39, 0.29) is 12.0 Å². The first-order valence-electron chi connectivity index (χ1n) is 8.55. The van der Waals surface area contributed by atoms with E-state index in [9.17, 15) is 9.90 Å².